The van der Waals surface area contributed by atoms with Crippen LogP contribution < -0.4 is 0 Å². The Kier molecular flexibility index (Phi) is 6.58. The number of aliphatic hydroxyl groups is 1. The zero-order valence-corrected chi connectivity index (χ0v) is 6.78. The molecule has 9 heavy (non-hydrogen) atoms. The summed E-state index contributed by atoms with van der Waals surface area (Å²) in [4.78, 5) is 0. The second-order valence-corrected chi connectivity index (χ2v) is 2.68. The molecule has 1 unspecified atom stereocenters. The van der Waals surface area contributed by atoms with E-state index in [1.54, 1.807) is 11.8 Å². The predicted octanol–water partition coefficient (Wildman–Crippen LogP) is 0.747. The minimum absolute atomic E-state index is 0.292. The molecule has 0 saturated heterocycles. The minimum Gasteiger partial charge on any atom is -0.390 e. The van der Waals surface area contributed by atoms with E-state index < -0.39 is 0 Å². The first-order valence-corrected chi connectivity index (χ1v) is 4.45. The second kappa shape index (κ2) is 6.39. The average Bonchev–Trinajstić information content (AvgIpc) is 1.85. The molecule has 0 aliphatic carbocycles. The minimum atomic E-state index is -0.292. The SMILES string of the molecule is CCOCC(O)CSC. The van der Waals surface area contributed by atoms with Crippen molar-refractivity contribution in [3.63, 3.8) is 0 Å². The van der Waals surface area contributed by atoms with Crippen molar-refractivity contribution in [2.75, 3.05) is 25.2 Å². The Morgan fingerprint density at radius 3 is 2.78 bits per heavy atom. The molecule has 0 saturated carbocycles. The molecule has 0 rings (SSSR count). The van der Waals surface area contributed by atoms with Gasteiger partial charge in [-0.3, -0.25) is 0 Å². The first-order valence-electron chi connectivity index (χ1n) is 3.06. The van der Waals surface area contributed by atoms with Crippen LogP contribution in [0.2, 0.25) is 0 Å². The van der Waals surface area contributed by atoms with Crippen molar-refractivity contribution in [2.24, 2.45) is 0 Å². The highest BCUT2D eigenvalue weighted by molar-refractivity contribution is 7.98. The molecule has 2 nitrogen and oxygen atoms in total. The fourth-order valence-corrected chi connectivity index (χ4v) is 0.975. The maximum Gasteiger partial charge on any atom is 0.0863 e. The van der Waals surface area contributed by atoms with E-state index in [-0.39, 0.29) is 6.10 Å². The van der Waals surface area contributed by atoms with Crippen LogP contribution in [-0.2, 0) is 4.74 Å². The van der Waals surface area contributed by atoms with Crippen LogP contribution in [0, 0.1) is 0 Å². The molecule has 0 bridgehead atoms. The Hall–Kier alpha value is 0.270. The summed E-state index contributed by atoms with van der Waals surface area (Å²) in [5.74, 6) is 0.764. The van der Waals surface area contributed by atoms with Crippen LogP contribution in [0.4, 0.5) is 0 Å². The molecular weight excluding hydrogens is 136 g/mol. The molecule has 3 heteroatoms. The van der Waals surface area contributed by atoms with Crippen molar-refractivity contribution in [2.45, 2.75) is 13.0 Å². The molecule has 1 N–H and O–H groups in total. The molecule has 0 aromatic carbocycles. The number of ether oxygens (including phenoxy) is 1. The summed E-state index contributed by atoms with van der Waals surface area (Å²) in [7, 11) is 0. The van der Waals surface area contributed by atoms with E-state index in [1.807, 2.05) is 13.2 Å². The Balaban J connectivity index is 2.95. The zero-order chi connectivity index (χ0) is 7.11. The van der Waals surface area contributed by atoms with Crippen molar-refractivity contribution in [3.05, 3.63) is 0 Å². The molecule has 0 aromatic heterocycles. The first kappa shape index (κ1) is 9.27. The van der Waals surface area contributed by atoms with Crippen LogP contribution in [-0.4, -0.2) is 36.4 Å². The lowest BCUT2D eigenvalue weighted by atomic mass is 10.4. The number of hydrogen-bond acceptors (Lipinski definition) is 3. The standard InChI is InChI=1S/C6H14O2S/c1-3-8-4-6(7)5-9-2/h6-7H,3-5H2,1-2H3. The predicted molar refractivity (Wildman–Crippen MR) is 40.9 cm³/mol. The number of aliphatic hydroxyl groups excluding tert-OH is 1. The molecule has 0 heterocycles. The third-order valence-corrected chi connectivity index (χ3v) is 1.59. The monoisotopic (exact) mass is 150 g/mol. The van der Waals surface area contributed by atoms with E-state index in [0.717, 1.165) is 5.75 Å². The Bertz CT molecular complexity index is 59.0. The van der Waals surface area contributed by atoms with Gasteiger partial charge in [0, 0.05) is 12.4 Å². The highest BCUT2D eigenvalue weighted by atomic mass is 32.2. The van der Waals surface area contributed by atoms with Crippen LogP contribution in [0.3, 0.4) is 0 Å². The van der Waals surface area contributed by atoms with Gasteiger partial charge in [-0.15, -0.1) is 0 Å². The van der Waals surface area contributed by atoms with Gasteiger partial charge < -0.3 is 9.84 Å². The van der Waals surface area contributed by atoms with Crippen molar-refractivity contribution >= 4 is 11.8 Å². The summed E-state index contributed by atoms with van der Waals surface area (Å²) >= 11 is 1.63. The molecule has 0 aromatic rings. The van der Waals surface area contributed by atoms with Gasteiger partial charge in [-0.05, 0) is 13.2 Å². The highest BCUT2D eigenvalue weighted by Gasteiger charge is 2.00. The van der Waals surface area contributed by atoms with Crippen molar-refractivity contribution in [3.8, 4) is 0 Å². The molecule has 56 valence electrons. The summed E-state index contributed by atoms with van der Waals surface area (Å²) < 4.78 is 4.98. The van der Waals surface area contributed by atoms with Crippen LogP contribution >= 0.6 is 11.8 Å². The van der Waals surface area contributed by atoms with Gasteiger partial charge in [0.2, 0.25) is 0 Å². The first-order chi connectivity index (χ1) is 4.31. The summed E-state index contributed by atoms with van der Waals surface area (Å²) in [5, 5.41) is 9.03. The van der Waals surface area contributed by atoms with Crippen LogP contribution in [0.25, 0.3) is 0 Å². The van der Waals surface area contributed by atoms with E-state index in [4.69, 9.17) is 9.84 Å². The smallest absolute Gasteiger partial charge is 0.0863 e. The van der Waals surface area contributed by atoms with E-state index in [9.17, 15) is 0 Å². The van der Waals surface area contributed by atoms with E-state index in [0.29, 0.717) is 13.2 Å². The molecule has 0 aliphatic heterocycles. The average molecular weight is 150 g/mol. The van der Waals surface area contributed by atoms with Gasteiger partial charge in [0.25, 0.3) is 0 Å². The number of rotatable bonds is 5. The lowest BCUT2D eigenvalue weighted by Gasteiger charge is -2.06. The largest absolute Gasteiger partial charge is 0.390 e. The fraction of sp³-hybridized carbons (Fsp3) is 1.00. The van der Waals surface area contributed by atoms with Crippen LogP contribution in [0.15, 0.2) is 0 Å². The Morgan fingerprint density at radius 2 is 2.33 bits per heavy atom. The molecule has 0 aliphatic rings. The number of hydrogen-bond donors (Lipinski definition) is 1. The Labute approximate surface area is 60.6 Å². The van der Waals surface area contributed by atoms with Gasteiger partial charge in [-0.25, -0.2) is 0 Å². The van der Waals surface area contributed by atoms with E-state index >= 15 is 0 Å². The molecule has 1 atom stereocenters. The summed E-state index contributed by atoms with van der Waals surface area (Å²) in [5.41, 5.74) is 0. The molecule has 0 amide bonds. The zero-order valence-electron chi connectivity index (χ0n) is 5.96. The van der Waals surface area contributed by atoms with Gasteiger partial charge in [0.15, 0.2) is 0 Å². The lowest BCUT2D eigenvalue weighted by molar-refractivity contribution is 0.0551. The molecule has 0 fully saturated rings. The summed E-state index contributed by atoms with van der Waals surface area (Å²) in [6.07, 6.45) is 1.68. The van der Waals surface area contributed by atoms with Crippen molar-refractivity contribution in [1.82, 2.24) is 0 Å². The third-order valence-electron chi connectivity index (χ3n) is 0.873. The van der Waals surface area contributed by atoms with Gasteiger partial charge in [-0.1, -0.05) is 0 Å². The fourth-order valence-electron chi connectivity index (χ4n) is 0.494. The topological polar surface area (TPSA) is 29.5 Å². The normalized spacial score (nSPS) is 13.7. The quantitative estimate of drug-likeness (QED) is 0.627. The number of thioether (sulfide) groups is 1. The van der Waals surface area contributed by atoms with Crippen LogP contribution in [0.1, 0.15) is 6.92 Å². The lowest BCUT2D eigenvalue weighted by Crippen LogP contribution is -2.17. The summed E-state index contributed by atoms with van der Waals surface area (Å²) in [6, 6.07) is 0. The molecule has 0 spiro atoms. The van der Waals surface area contributed by atoms with Crippen LogP contribution in [0.5, 0.6) is 0 Å². The van der Waals surface area contributed by atoms with E-state index in [2.05, 4.69) is 0 Å². The molecular formula is C6H14O2S. The van der Waals surface area contributed by atoms with Gasteiger partial charge in [0.1, 0.15) is 0 Å². The summed E-state index contributed by atoms with van der Waals surface area (Å²) in [6.45, 7) is 3.08. The van der Waals surface area contributed by atoms with Crippen molar-refractivity contribution < 1.29 is 9.84 Å². The Morgan fingerprint density at radius 1 is 1.67 bits per heavy atom. The van der Waals surface area contributed by atoms with Gasteiger partial charge in [0.05, 0.1) is 12.7 Å². The maximum absolute atomic E-state index is 9.03. The van der Waals surface area contributed by atoms with E-state index in [1.165, 1.54) is 0 Å². The highest BCUT2D eigenvalue weighted by Crippen LogP contribution is 1.96. The van der Waals surface area contributed by atoms with Crippen molar-refractivity contribution in [1.29, 1.82) is 0 Å². The second-order valence-electron chi connectivity index (χ2n) is 1.77. The third kappa shape index (κ3) is 6.15. The van der Waals surface area contributed by atoms with Gasteiger partial charge >= 0.3 is 0 Å². The van der Waals surface area contributed by atoms with Gasteiger partial charge in [-0.2, -0.15) is 11.8 Å². The maximum atomic E-state index is 9.03. The molecule has 0 radical (unpaired) electrons.